The van der Waals surface area contributed by atoms with E-state index >= 15 is 0 Å². The van der Waals surface area contributed by atoms with Crippen LogP contribution >= 0.6 is 0 Å². The van der Waals surface area contributed by atoms with E-state index in [0.29, 0.717) is 12.2 Å². The van der Waals surface area contributed by atoms with Gasteiger partial charge in [-0.3, -0.25) is 10.3 Å². The first kappa shape index (κ1) is 21.3. The molecule has 8 nitrogen and oxygen atoms in total. The number of aliphatic imine (C=N–C) groups is 1. The molecule has 0 radical (unpaired) electrons. The fraction of sp³-hybridized carbons (Fsp3) is 0.364. The second-order valence-corrected chi connectivity index (χ2v) is 6.89. The van der Waals surface area contributed by atoms with Crippen LogP contribution in [0.1, 0.15) is 5.56 Å². The van der Waals surface area contributed by atoms with Gasteiger partial charge in [-0.15, -0.1) is 0 Å². The molecule has 0 bridgehead atoms. The van der Waals surface area contributed by atoms with Gasteiger partial charge in [-0.1, -0.05) is 18.2 Å². The number of carbonyl (C=O) groups is 1. The molecule has 0 aliphatic carbocycles. The summed E-state index contributed by atoms with van der Waals surface area (Å²) in [6, 6.07) is 15.8. The van der Waals surface area contributed by atoms with Crippen molar-refractivity contribution in [3.05, 3.63) is 54.1 Å². The lowest BCUT2D eigenvalue weighted by Gasteiger charge is -2.37. The second kappa shape index (κ2) is 10.4. The Bertz CT molecular complexity index is 861. The van der Waals surface area contributed by atoms with E-state index in [4.69, 9.17) is 4.74 Å². The smallest absolute Gasteiger partial charge is 0.411 e. The third kappa shape index (κ3) is 5.56. The van der Waals surface area contributed by atoms with E-state index in [1.165, 1.54) is 12.8 Å². The SMILES string of the molecule is CN=C(NCc1ccc(NC(=O)OC)cc1)N1CCN(c2cccc(OC)c2)CC1. The first-order chi connectivity index (χ1) is 14.6. The van der Waals surface area contributed by atoms with Gasteiger partial charge >= 0.3 is 6.09 Å². The molecule has 3 rings (SSSR count). The average molecular weight is 412 g/mol. The number of nitrogens with one attached hydrogen (secondary N) is 2. The van der Waals surface area contributed by atoms with Gasteiger partial charge in [0.1, 0.15) is 5.75 Å². The van der Waals surface area contributed by atoms with Gasteiger partial charge in [-0.05, 0) is 29.8 Å². The Morgan fingerprint density at radius 3 is 2.43 bits per heavy atom. The van der Waals surface area contributed by atoms with Crippen LogP contribution in [0.2, 0.25) is 0 Å². The summed E-state index contributed by atoms with van der Waals surface area (Å²) >= 11 is 0. The molecule has 2 aromatic carbocycles. The molecule has 0 saturated carbocycles. The highest BCUT2D eigenvalue weighted by Crippen LogP contribution is 2.22. The van der Waals surface area contributed by atoms with Gasteiger partial charge in [0.15, 0.2) is 5.96 Å². The maximum absolute atomic E-state index is 11.3. The van der Waals surface area contributed by atoms with Crippen LogP contribution in [0.25, 0.3) is 0 Å². The maximum Gasteiger partial charge on any atom is 0.411 e. The zero-order valence-electron chi connectivity index (χ0n) is 17.7. The summed E-state index contributed by atoms with van der Waals surface area (Å²) in [7, 11) is 4.84. The molecule has 1 saturated heterocycles. The number of methoxy groups -OCH3 is 2. The number of hydrogen-bond acceptors (Lipinski definition) is 5. The van der Waals surface area contributed by atoms with Crippen molar-refractivity contribution < 1.29 is 14.3 Å². The Balaban J connectivity index is 1.50. The molecular weight excluding hydrogens is 382 g/mol. The van der Waals surface area contributed by atoms with Crippen molar-refractivity contribution in [1.29, 1.82) is 0 Å². The summed E-state index contributed by atoms with van der Waals surface area (Å²) in [6.45, 7) is 4.27. The van der Waals surface area contributed by atoms with Crippen LogP contribution in [0.4, 0.5) is 16.2 Å². The summed E-state index contributed by atoms with van der Waals surface area (Å²) < 4.78 is 9.93. The lowest BCUT2D eigenvalue weighted by Crippen LogP contribution is -2.52. The summed E-state index contributed by atoms with van der Waals surface area (Å²) in [5.74, 6) is 1.76. The maximum atomic E-state index is 11.3. The monoisotopic (exact) mass is 411 g/mol. The van der Waals surface area contributed by atoms with Crippen LogP contribution in [0.5, 0.6) is 5.75 Å². The Morgan fingerprint density at radius 2 is 1.80 bits per heavy atom. The topological polar surface area (TPSA) is 78.4 Å². The Kier molecular flexibility index (Phi) is 7.37. The van der Waals surface area contributed by atoms with E-state index < -0.39 is 6.09 Å². The Labute approximate surface area is 177 Å². The molecule has 0 aromatic heterocycles. The fourth-order valence-electron chi connectivity index (χ4n) is 3.37. The molecule has 2 N–H and O–H groups in total. The first-order valence-electron chi connectivity index (χ1n) is 9.91. The number of rotatable bonds is 5. The van der Waals surface area contributed by atoms with Gasteiger partial charge in [0.05, 0.1) is 14.2 Å². The molecule has 30 heavy (non-hydrogen) atoms. The van der Waals surface area contributed by atoms with Gasteiger partial charge in [-0.2, -0.15) is 0 Å². The quantitative estimate of drug-likeness (QED) is 0.582. The zero-order valence-corrected chi connectivity index (χ0v) is 17.7. The van der Waals surface area contributed by atoms with Crippen molar-refractivity contribution in [1.82, 2.24) is 10.2 Å². The number of amides is 1. The van der Waals surface area contributed by atoms with Crippen molar-refractivity contribution in [2.24, 2.45) is 4.99 Å². The van der Waals surface area contributed by atoms with Crippen molar-refractivity contribution >= 4 is 23.4 Å². The number of piperazine rings is 1. The first-order valence-corrected chi connectivity index (χ1v) is 9.91. The minimum Gasteiger partial charge on any atom is -0.497 e. The predicted molar refractivity (Wildman–Crippen MR) is 119 cm³/mol. The molecular formula is C22H29N5O3. The summed E-state index contributed by atoms with van der Waals surface area (Å²) in [5.41, 5.74) is 2.97. The number of nitrogens with zero attached hydrogens (tertiary/aromatic N) is 3. The number of carbonyl (C=O) groups excluding carboxylic acids is 1. The average Bonchev–Trinajstić information content (AvgIpc) is 2.81. The molecule has 8 heteroatoms. The normalized spacial score (nSPS) is 14.3. The zero-order chi connectivity index (χ0) is 21.3. The second-order valence-electron chi connectivity index (χ2n) is 6.89. The number of benzene rings is 2. The number of guanidine groups is 1. The van der Waals surface area contributed by atoms with Crippen LogP contribution in [-0.4, -0.2) is 64.4 Å². The van der Waals surface area contributed by atoms with Crippen molar-refractivity contribution in [3.63, 3.8) is 0 Å². The van der Waals surface area contributed by atoms with Gasteiger partial charge in [0.25, 0.3) is 0 Å². The third-order valence-corrected chi connectivity index (χ3v) is 5.05. The minimum absolute atomic E-state index is 0.477. The summed E-state index contributed by atoms with van der Waals surface area (Å²) in [6.07, 6.45) is -0.477. The van der Waals surface area contributed by atoms with Gasteiger partial charge in [0.2, 0.25) is 0 Å². The summed E-state index contributed by atoms with van der Waals surface area (Å²) in [5, 5.41) is 6.07. The highest BCUT2D eigenvalue weighted by Gasteiger charge is 2.20. The molecule has 0 unspecified atom stereocenters. The Hall–Kier alpha value is -3.42. The molecule has 0 spiro atoms. The van der Waals surface area contributed by atoms with Gasteiger partial charge in [0, 0.05) is 57.2 Å². The Morgan fingerprint density at radius 1 is 1.07 bits per heavy atom. The van der Waals surface area contributed by atoms with E-state index in [9.17, 15) is 4.79 Å². The van der Waals surface area contributed by atoms with Crippen molar-refractivity contribution in [2.45, 2.75) is 6.54 Å². The van der Waals surface area contributed by atoms with E-state index in [2.05, 4.69) is 42.3 Å². The van der Waals surface area contributed by atoms with E-state index in [-0.39, 0.29) is 0 Å². The fourth-order valence-corrected chi connectivity index (χ4v) is 3.37. The van der Waals surface area contributed by atoms with Crippen LogP contribution in [0.15, 0.2) is 53.5 Å². The van der Waals surface area contributed by atoms with E-state index in [0.717, 1.165) is 43.5 Å². The standard InChI is InChI=1S/C22H29N5O3/c1-23-21(24-16-17-7-9-18(10-8-17)25-22(28)30-3)27-13-11-26(12-14-27)19-5-4-6-20(15-19)29-2/h4-10,15H,11-14,16H2,1-3H3,(H,23,24)(H,25,28). The number of hydrogen-bond donors (Lipinski definition) is 2. The van der Waals surface area contributed by atoms with Crippen LogP contribution in [-0.2, 0) is 11.3 Å². The molecule has 0 atom stereocenters. The lowest BCUT2D eigenvalue weighted by atomic mass is 10.2. The lowest BCUT2D eigenvalue weighted by molar-refractivity contribution is 0.187. The van der Waals surface area contributed by atoms with Crippen molar-refractivity contribution in [3.8, 4) is 5.75 Å². The minimum atomic E-state index is -0.477. The molecule has 1 aliphatic rings. The number of ether oxygens (including phenoxy) is 2. The molecule has 1 amide bonds. The molecule has 1 heterocycles. The van der Waals surface area contributed by atoms with Crippen molar-refractivity contribution in [2.75, 3.05) is 57.7 Å². The van der Waals surface area contributed by atoms with Crippen LogP contribution < -0.4 is 20.3 Å². The highest BCUT2D eigenvalue weighted by molar-refractivity contribution is 5.84. The van der Waals surface area contributed by atoms with Crippen LogP contribution in [0.3, 0.4) is 0 Å². The molecule has 2 aromatic rings. The predicted octanol–water partition coefficient (Wildman–Crippen LogP) is 2.77. The van der Waals surface area contributed by atoms with Crippen LogP contribution in [0, 0.1) is 0 Å². The highest BCUT2D eigenvalue weighted by atomic mass is 16.5. The largest absolute Gasteiger partial charge is 0.497 e. The number of anilines is 2. The molecule has 1 fully saturated rings. The molecule has 1 aliphatic heterocycles. The van der Waals surface area contributed by atoms with Gasteiger partial charge < -0.3 is 24.6 Å². The van der Waals surface area contributed by atoms with E-state index in [1.54, 1.807) is 14.2 Å². The molecule has 160 valence electrons. The van der Waals surface area contributed by atoms with E-state index in [1.807, 2.05) is 36.4 Å². The third-order valence-electron chi connectivity index (χ3n) is 5.05. The summed E-state index contributed by atoms with van der Waals surface area (Å²) in [4.78, 5) is 20.3. The van der Waals surface area contributed by atoms with Gasteiger partial charge in [-0.25, -0.2) is 4.79 Å².